The molecule has 2 heterocycles. The van der Waals surface area contributed by atoms with Gasteiger partial charge in [0.1, 0.15) is 29.5 Å². The Bertz CT molecular complexity index is 1700. The molecule has 270 valence electrons. The number of carbonyl (C=O) groups is 4. The van der Waals surface area contributed by atoms with E-state index in [1.807, 2.05) is 36.4 Å². The van der Waals surface area contributed by atoms with Crippen molar-refractivity contribution in [2.75, 3.05) is 6.54 Å². The molecule has 5 atom stereocenters. The van der Waals surface area contributed by atoms with E-state index in [0.717, 1.165) is 42.2 Å². The van der Waals surface area contributed by atoms with Gasteiger partial charge in [-0.25, -0.2) is 9.48 Å². The summed E-state index contributed by atoms with van der Waals surface area (Å²) >= 11 is 0. The molecular formula is C39H49N7O5. The molecule has 2 N–H and O–H groups in total. The lowest BCUT2D eigenvalue weighted by Crippen LogP contribution is -2.55. The topological polar surface area (TPSA) is 148 Å². The van der Waals surface area contributed by atoms with Crippen LogP contribution in [-0.4, -0.2) is 79.1 Å². The number of unbranched alkanes of at least 4 members (excludes halogenated alkanes) is 3. The lowest BCUT2D eigenvalue weighted by Gasteiger charge is -2.30. The number of alkyl carbamates (subject to hydrolysis) is 1. The van der Waals surface area contributed by atoms with Crippen molar-refractivity contribution in [3.05, 3.63) is 91.3 Å². The van der Waals surface area contributed by atoms with Crippen molar-refractivity contribution >= 4 is 24.2 Å². The van der Waals surface area contributed by atoms with Crippen molar-refractivity contribution < 1.29 is 23.9 Å². The van der Waals surface area contributed by atoms with E-state index < -0.39 is 41.1 Å². The van der Waals surface area contributed by atoms with Gasteiger partial charge in [-0.05, 0) is 80.0 Å². The first-order valence-electron chi connectivity index (χ1n) is 17.7. The molecular weight excluding hydrogens is 646 g/mol. The summed E-state index contributed by atoms with van der Waals surface area (Å²) in [5.74, 6) is -0.881. The van der Waals surface area contributed by atoms with Gasteiger partial charge >= 0.3 is 6.09 Å². The normalized spacial score (nSPS) is 21.7. The van der Waals surface area contributed by atoms with Gasteiger partial charge in [-0.15, -0.1) is 18.3 Å². The third-order valence-corrected chi connectivity index (χ3v) is 9.51. The molecule has 0 bridgehead atoms. The Balaban J connectivity index is 1.38. The minimum absolute atomic E-state index is 0.145. The highest BCUT2D eigenvalue weighted by Crippen LogP contribution is 2.43. The van der Waals surface area contributed by atoms with Crippen LogP contribution in [0, 0.1) is 5.92 Å². The molecule has 1 saturated carbocycles. The number of benzene rings is 2. The number of aromatic nitrogens is 4. The molecule has 1 aliphatic carbocycles. The van der Waals surface area contributed by atoms with Crippen LogP contribution in [-0.2, 0) is 25.7 Å². The molecule has 5 rings (SSSR count). The van der Waals surface area contributed by atoms with Crippen molar-refractivity contribution in [3.8, 4) is 11.1 Å². The first kappa shape index (κ1) is 37.1. The lowest BCUT2D eigenvalue weighted by molar-refractivity contribution is -0.140. The summed E-state index contributed by atoms with van der Waals surface area (Å²) in [7, 11) is 0. The average molecular weight is 696 g/mol. The number of hydrogen-bond acceptors (Lipinski definition) is 8. The van der Waals surface area contributed by atoms with Gasteiger partial charge in [0, 0.05) is 18.4 Å². The molecule has 12 heteroatoms. The Morgan fingerprint density at radius 1 is 1.04 bits per heavy atom. The summed E-state index contributed by atoms with van der Waals surface area (Å²) in [4.78, 5) is 54.9. The third-order valence-electron chi connectivity index (χ3n) is 9.51. The predicted octanol–water partition coefficient (Wildman–Crippen LogP) is 5.36. The average Bonchev–Trinajstić information content (AvgIpc) is 3.38. The maximum absolute atomic E-state index is 14.4. The number of nitrogens with zero attached hydrogens (tertiary/aromatic N) is 5. The highest BCUT2D eigenvalue weighted by Gasteiger charge is 2.55. The number of carbonyl (C=O) groups excluding carboxylic acids is 4. The Morgan fingerprint density at radius 3 is 2.41 bits per heavy atom. The van der Waals surface area contributed by atoms with Crippen LogP contribution in [0.2, 0.25) is 0 Å². The molecule has 0 unspecified atom stereocenters. The van der Waals surface area contributed by atoms with Crippen LogP contribution >= 0.6 is 0 Å². The number of aldehydes is 1. The molecule has 3 aromatic rings. The maximum atomic E-state index is 14.4. The van der Waals surface area contributed by atoms with Gasteiger partial charge in [-0.2, -0.15) is 0 Å². The first-order valence-corrected chi connectivity index (χ1v) is 17.7. The van der Waals surface area contributed by atoms with Gasteiger partial charge in [-0.3, -0.25) is 9.59 Å². The van der Waals surface area contributed by atoms with E-state index in [2.05, 4.69) is 63.6 Å². The molecule has 0 radical (unpaired) electrons. The quantitative estimate of drug-likeness (QED) is 0.116. The number of tetrazole rings is 1. The fourth-order valence-corrected chi connectivity index (χ4v) is 6.68. The standard InChI is InChI=1S/C39H49N7O5/c1-6-8-9-10-14-17-32(40-37(50)51-38(3,4)5)36(49)45-25-30(22-33(45)35(48)41-39(26-47)23-31(39)7-2)34-42-43-44-46(34)24-27-18-20-29(21-19-27)28-15-12-11-13-16-28/h6-7,11-13,15-16,18-21,26,30-33H,1-2,8-10,14,17,22-25H2,3-5H3,(H,40,50)(H,41,48)/t30-,31-,32+,33+,39+/m1/s1. The number of ether oxygens (including phenoxy) is 1. The summed E-state index contributed by atoms with van der Waals surface area (Å²) in [6.45, 7) is 13.4. The highest BCUT2D eigenvalue weighted by molar-refractivity contribution is 5.94. The zero-order valence-corrected chi connectivity index (χ0v) is 29.8. The Hall–Kier alpha value is -5.13. The van der Waals surface area contributed by atoms with E-state index in [1.54, 1.807) is 31.5 Å². The lowest BCUT2D eigenvalue weighted by atomic mass is 10.0. The fourth-order valence-electron chi connectivity index (χ4n) is 6.68. The van der Waals surface area contributed by atoms with Gasteiger partial charge in [0.05, 0.1) is 6.54 Å². The van der Waals surface area contributed by atoms with Crippen LogP contribution in [0.15, 0.2) is 79.9 Å². The molecule has 2 aliphatic rings. The number of amides is 3. The second kappa shape index (κ2) is 16.3. The van der Waals surface area contributed by atoms with Crippen LogP contribution < -0.4 is 10.6 Å². The molecule has 1 aliphatic heterocycles. The minimum atomic E-state index is -1.04. The summed E-state index contributed by atoms with van der Waals surface area (Å²) in [5, 5.41) is 18.3. The second-order valence-electron chi connectivity index (χ2n) is 14.5. The van der Waals surface area contributed by atoms with Crippen LogP contribution in [0.1, 0.15) is 83.0 Å². The molecule has 1 aromatic heterocycles. The fraction of sp³-hybridized carbons (Fsp3) is 0.462. The molecule has 51 heavy (non-hydrogen) atoms. The van der Waals surface area contributed by atoms with E-state index in [0.29, 0.717) is 31.6 Å². The monoisotopic (exact) mass is 695 g/mol. The van der Waals surface area contributed by atoms with Gasteiger partial charge in [0.25, 0.3) is 0 Å². The smallest absolute Gasteiger partial charge is 0.408 e. The van der Waals surface area contributed by atoms with Gasteiger partial charge in [0.2, 0.25) is 11.8 Å². The van der Waals surface area contributed by atoms with E-state index >= 15 is 0 Å². The van der Waals surface area contributed by atoms with E-state index in [1.165, 1.54) is 4.90 Å². The molecule has 1 saturated heterocycles. The predicted molar refractivity (Wildman–Crippen MR) is 193 cm³/mol. The number of hydrogen-bond donors (Lipinski definition) is 2. The van der Waals surface area contributed by atoms with E-state index in [4.69, 9.17) is 4.74 Å². The van der Waals surface area contributed by atoms with Crippen molar-refractivity contribution in [1.29, 1.82) is 0 Å². The Morgan fingerprint density at radius 2 is 1.76 bits per heavy atom. The van der Waals surface area contributed by atoms with Crippen LogP contribution in [0.5, 0.6) is 0 Å². The SMILES string of the molecule is C=CCCCCC[C@H](NC(=O)OC(C)(C)C)C(=O)N1C[C@H](c2nnnn2Cc2ccc(-c3ccccc3)cc2)C[C@H]1C(=O)N[C@]1(C=O)C[C@H]1C=C. The van der Waals surface area contributed by atoms with Crippen molar-refractivity contribution in [1.82, 2.24) is 35.7 Å². The van der Waals surface area contributed by atoms with E-state index in [9.17, 15) is 19.2 Å². The molecule has 12 nitrogen and oxygen atoms in total. The van der Waals surface area contributed by atoms with Crippen molar-refractivity contribution in [2.24, 2.45) is 5.92 Å². The summed E-state index contributed by atoms with van der Waals surface area (Å²) in [5.41, 5.74) is 1.38. The molecule has 0 spiro atoms. The van der Waals surface area contributed by atoms with Gasteiger partial charge < -0.3 is 25.1 Å². The summed E-state index contributed by atoms with van der Waals surface area (Å²) in [6, 6.07) is 16.4. The number of nitrogens with one attached hydrogen (secondary N) is 2. The zero-order valence-electron chi connectivity index (χ0n) is 29.8. The largest absolute Gasteiger partial charge is 0.444 e. The van der Waals surface area contributed by atoms with Crippen LogP contribution in [0.4, 0.5) is 4.79 Å². The number of rotatable bonds is 16. The summed E-state index contributed by atoms with van der Waals surface area (Å²) < 4.78 is 7.20. The zero-order chi connectivity index (χ0) is 36.6. The van der Waals surface area contributed by atoms with Gasteiger partial charge in [-0.1, -0.05) is 79.6 Å². The first-order chi connectivity index (χ1) is 24.5. The van der Waals surface area contributed by atoms with Crippen LogP contribution in [0.3, 0.4) is 0 Å². The summed E-state index contributed by atoms with van der Waals surface area (Å²) in [6.07, 6.45) is 7.85. The molecule has 2 fully saturated rings. The van der Waals surface area contributed by atoms with Gasteiger partial charge in [0.15, 0.2) is 5.82 Å². The van der Waals surface area contributed by atoms with Crippen molar-refractivity contribution in [2.45, 2.75) is 101 Å². The van der Waals surface area contributed by atoms with Crippen molar-refractivity contribution in [3.63, 3.8) is 0 Å². The van der Waals surface area contributed by atoms with Crippen LogP contribution in [0.25, 0.3) is 11.1 Å². The molecule has 3 amide bonds. The molecule has 2 aromatic carbocycles. The second-order valence-corrected chi connectivity index (χ2v) is 14.5. The Labute approximate surface area is 299 Å². The van der Waals surface area contributed by atoms with E-state index in [-0.39, 0.29) is 24.8 Å². The minimum Gasteiger partial charge on any atom is -0.444 e. The maximum Gasteiger partial charge on any atom is 0.408 e. The number of likely N-dealkylation sites (tertiary alicyclic amines) is 1. The Kier molecular flexibility index (Phi) is 11.8. The number of allylic oxidation sites excluding steroid dienone is 1. The third kappa shape index (κ3) is 9.36. The highest BCUT2D eigenvalue weighted by atomic mass is 16.6.